The third-order valence-corrected chi connectivity index (χ3v) is 5.92. The molecule has 3 rings (SSSR count). The molecule has 0 unspecified atom stereocenters. The molecule has 1 aliphatic heterocycles. The van der Waals surface area contributed by atoms with Gasteiger partial charge in [-0.2, -0.15) is 0 Å². The summed E-state index contributed by atoms with van der Waals surface area (Å²) in [5.74, 6) is 0.0666. The SMILES string of the molecule is N[C@]1(COC=O)C[C@H](C(=O)N2CCC(OCc3ccc(Cl)cc3Cl)CC2)C1. The maximum Gasteiger partial charge on any atom is 0.293 e. The first kappa shape index (κ1) is 20.4. The maximum atomic E-state index is 12.6. The average Bonchev–Trinajstić information content (AvgIpc) is 2.63. The van der Waals surface area contributed by atoms with Crippen LogP contribution in [-0.2, 0) is 25.7 Å². The largest absolute Gasteiger partial charge is 0.466 e. The molecule has 2 fully saturated rings. The van der Waals surface area contributed by atoms with E-state index in [0.717, 1.165) is 18.4 Å². The van der Waals surface area contributed by atoms with Crippen LogP contribution in [0.4, 0.5) is 0 Å². The number of benzene rings is 1. The molecule has 1 amide bonds. The Morgan fingerprint density at radius 1 is 1.30 bits per heavy atom. The number of carbonyl (C=O) groups is 2. The van der Waals surface area contributed by atoms with Gasteiger partial charge in [-0.3, -0.25) is 9.59 Å². The summed E-state index contributed by atoms with van der Waals surface area (Å²) < 4.78 is 10.7. The van der Waals surface area contributed by atoms with Gasteiger partial charge < -0.3 is 20.1 Å². The number of carbonyl (C=O) groups excluding carboxylic acids is 2. The van der Waals surface area contributed by atoms with Gasteiger partial charge in [0.15, 0.2) is 0 Å². The standard InChI is InChI=1S/C19H24Cl2N2O4/c20-15-2-1-13(17(21)7-15)10-27-16-3-5-23(6-4-16)18(25)14-8-19(22,9-14)11-26-12-24/h1-2,7,12,14,16H,3-6,8-11,22H2/t14-,19+. The highest BCUT2D eigenvalue weighted by molar-refractivity contribution is 6.35. The van der Waals surface area contributed by atoms with Crippen molar-refractivity contribution in [1.82, 2.24) is 4.90 Å². The summed E-state index contributed by atoms with van der Waals surface area (Å²) in [7, 11) is 0. The van der Waals surface area contributed by atoms with Crippen LogP contribution >= 0.6 is 23.2 Å². The number of piperidine rings is 1. The Morgan fingerprint density at radius 3 is 2.63 bits per heavy atom. The molecule has 2 aliphatic rings. The first-order valence-electron chi connectivity index (χ1n) is 9.09. The van der Waals surface area contributed by atoms with Crippen LogP contribution in [0.2, 0.25) is 10.0 Å². The number of hydrogen-bond donors (Lipinski definition) is 1. The van der Waals surface area contributed by atoms with Crippen molar-refractivity contribution in [2.75, 3.05) is 19.7 Å². The number of nitrogens with two attached hydrogens (primary N) is 1. The highest BCUT2D eigenvalue weighted by Gasteiger charge is 2.46. The van der Waals surface area contributed by atoms with Gasteiger partial charge in [0.1, 0.15) is 6.61 Å². The molecule has 1 saturated carbocycles. The van der Waals surface area contributed by atoms with E-state index in [1.807, 2.05) is 11.0 Å². The van der Waals surface area contributed by atoms with Crippen LogP contribution in [0.3, 0.4) is 0 Å². The zero-order chi connectivity index (χ0) is 19.4. The predicted octanol–water partition coefficient (Wildman–Crippen LogP) is 2.78. The molecule has 148 valence electrons. The van der Waals surface area contributed by atoms with Gasteiger partial charge in [0.25, 0.3) is 6.47 Å². The van der Waals surface area contributed by atoms with Crippen molar-refractivity contribution in [3.63, 3.8) is 0 Å². The van der Waals surface area contributed by atoms with Crippen molar-refractivity contribution in [3.8, 4) is 0 Å². The van der Waals surface area contributed by atoms with Gasteiger partial charge in [0.05, 0.1) is 18.2 Å². The smallest absolute Gasteiger partial charge is 0.293 e. The molecule has 1 aromatic rings. The normalized spacial score (nSPS) is 25.7. The fraction of sp³-hybridized carbons (Fsp3) is 0.579. The van der Waals surface area contributed by atoms with Gasteiger partial charge in [-0.15, -0.1) is 0 Å². The van der Waals surface area contributed by atoms with Crippen LogP contribution in [0.5, 0.6) is 0 Å². The molecule has 27 heavy (non-hydrogen) atoms. The number of halogens is 2. The quantitative estimate of drug-likeness (QED) is 0.693. The molecule has 0 radical (unpaired) electrons. The molecule has 0 bridgehead atoms. The van der Waals surface area contributed by atoms with Crippen molar-refractivity contribution in [1.29, 1.82) is 0 Å². The van der Waals surface area contributed by atoms with E-state index < -0.39 is 5.54 Å². The monoisotopic (exact) mass is 414 g/mol. The molecule has 1 saturated heterocycles. The molecular formula is C19H24Cl2N2O4. The first-order valence-corrected chi connectivity index (χ1v) is 9.84. The van der Waals surface area contributed by atoms with E-state index in [2.05, 4.69) is 0 Å². The summed E-state index contributed by atoms with van der Waals surface area (Å²) in [6, 6.07) is 5.37. The molecule has 6 nitrogen and oxygen atoms in total. The molecular weight excluding hydrogens is 391 g/mol. The van der Waals surface area contributed by atoms with Gasteiger partial charge in [-0.25, -0.2) is 0 Å². The second-order valence-corrected chi connectivity index (χ2v) is 8.29. The molecule has 1 aliphatic carbocycles. The maximum absolute atomic E-state index is 12.6. The molecule has 0 aromatic heterocycles. The van der Waals surface area contributed by atoms with Crippen LogP contribution in [0.15, 0.2) is 18.2 Å². The zero-order valence-corrected chi connectivity index (χ0v) is 16.5. The summed E-state index contributed by atoms with van der Waals surface area (Å²) in [5.41, 5.74) is 6.44. The highest BCUT2D eigenvalue weighted by atomic mass is 35.5. The van der Waals surface area contributed by atoms with Crippen LogP contribution in [-0.4, -0.2) is 48.6 Å². The first-order chi connectivity index (χ1) is 12.9. The van der Waals surface area contributed by atoms with Crippen molar-refractivity contribution >= 4 is 35.6 Å². The third-order valence-electron chi connectivity index (χ3n) is 5.34. The Bertz CT molecular complexity index is 686. The van der Waals surface area contributed by atoms with Crippen LogP contribution < -0.4 is 5.73 Å². The number of rotatable bonds is 7. The Kier molecular flexibility index (Phi) is 6.63. The number of likely N-dealkylation sites (tertiary alicyclic amines) is 1. The fourth-order valence-corrected chi connectivity index (χ4v) is 4.22. The van der Waals surface area contributed by atoms with Crippen molar-refractivity contribution in [2.45, 2.75) is 43.9 Å². The Morgan fingerprint density at radius 2 is 2.00 bits per heavy atom. The average molecular weight is 415 g/mol. The number of hydrogen-bond acceptors (Lipinski definition) is 5. The minimum absolute atomic E-state index is 0.0735. The lowest BCUT2D eigenvalue weighted by molar-refractivity contribution is -0.145. The third kappa shape index (κ3) is 5.13. The second-order valence-electron chi connectivity index (χ2n) is 7.45. The van der Waals surface area contributed by atoms with Crippen LogP contribution in [0.25, 0.3) is 0 Å². The van der Waals surface area contributed by atoms with E-state index in [0.29, 0.717) is 49.1 Å². The molecule has 2 N–H and O–H groups in total. The van der Waals surface area contributed by atoms with E-state index in [1.54, 1.807) is 12.1 Å². The number of nitrogens with zero attached hydrogens (tertiary/aromatic N) is 1. The van der Waals surface area contributed by atoms with E-state index in [9.17, 15) is 9.59 Å². The van der Waals surface area contributed by atoms with E-state index in [1.165, 1.54) is 0 Å². The second kappa shape index (κ2) is 8.78. The fourth-order valence-electron chi connectivity index (χ4n) is 3.76. The Hall–Kier alpha value is -1.34. The molecule has 0 spiro atoms. The van der Waals surface area contributed by atoms with E-state index in [-0.39, 0.29) is 24.5 Å². The summed E-state index contributed by atoms with van der Waals surface area (Å²) in [4.78, 5) is 24.8. The van der Waals surface area contributed by atoms with Crippen molar-refractivity contribution in [3.05, 3.63) is 33.8 Å². The number of amides is 1. The topological polar surface area (TPSA) is 81.9 Å². The Balaban J connectivity index is 1.40. The summed E-state index contributed by atoms with van der Waals surface area (Å²) in [6.45, 7) is 2.35. The molecule has 0 atom stereocenters. The highest BCUT2D eigenvalue weighted by Crippen LogP contribution is 2.37. The van der Waals surface area contributed by atoms with Crippen molar-refractivity contribution < 1.29 is 19.1 Å². The predicted molar refractivity (Wildman–Crippen MR) is 103 cm³/mol. The zero-order valence-electron chi connectivity index (χ0n) is 15.0. The lowest BCUT2D eigenvalue weighted by Crippen LogP contribution is -2.59. The summed E-state index contributed by atoms with van der Waals surface area (Å²) in [6.07, 6.45) is 2.82. The van der Waals surface area contributed by atoms with Gasteiger partial charge in [-0.1, -0.05) is 29.3 Å². The summed E-state index contributed by atoms with van der Waals surface area (Å²) in [5, 5.41) is 1.20. The molecule has 1 heterocycles. The minimum Gasteiger partial charge on any atom is -0.466 e. The van der Waals surface area contributed by atoms with E-state index in [4.69, 9.17) is 38.4 Å². The lowest BCUT2D eigenvalue weighted by Gasteiger charge is -2.45. The van der Waals surface area contributed by atoms with Gasteiger partial charge in [-0.05, 0) is 43.4 Å². The van der Waals surface area contributed by atoms with Gasteiger partial charge >= 0.3 is 0 Å². The van der Waals surface area contributed by atoms with Crippen molar-refractivity contribution in [2.24, 2.45) is 11.7 Å². The lowest BCUT2D eigenvalue weighted by atomic mass is 9.68. The van der Waals surface area contributed by atoms with Gasteiger partial charge in [0.2, 0.25) is 5.91 Å². The summed E-state index contributed by atoms with van der Waals surface area (Å²) >= 11 is 12.1. The van der Waals surface area contributed by atoms with Crippen LogP contribution in [0, 0.1) is 5.92 Å². The molecule has 1 aromatic carbocycles. The Labute approximate surface area is 168 Å². The molecule has 8 heteroatoms. The number of ether oxygens (including phenoxy) is 2. The minimum atomic E-state index is -0.555. The van der Waals surface area contributed by atoms with Gasteiger partial charge in [0, 0.05) is 29.1 Å². The van der Waals surface area contributed by atoms with E-state index >= 15 is 0 Å². The van der Waals surface area contributed by atoms with Crippen LogP contribution in [0.1, 0.15) is 31.2 Å².